The molecular weight excluding hydrogens is 302 g/mol. The van der Waals surface area contributed by atoms with Gasteiger partial charge in [-0.15, -0.1) is 0 Å². The van der Waals surface area contributed by atoms with E-state index in [0.29, 0.717) is 12.2 Å². The summed E-state index contributed by atoms with van der Waals surface area (Å²) < 4.78 is 7.91. The molecule has 7 heteroatoms. The summed E-state index contributed by atoms with van der Waals surface area (Å²) in [5.74, 6) is 0. The van der Waals surface area contributed by atoms with Gasteiger partial charge in [0, 0.05) is 19.6 Å². The quantitative estimate of drug-likeness (QED) is 0.797. The highest BCUT2D eigenvalue weighted by Gasteiger charge is 2.19. The molecule has 18 heavy (non-hydrogen) atoms. The van der Waals surface area contributed by atoms with E-state index in [1.54, 1.807) is 4.68 Å². The van der Waals surface area contributed by atoms with Crippen molar-refractivity contribution in [1.29, 1.82) is 0 Å². The summed E-state index contributed by atoms with van der Waals surface area (Å²) >= 11 is 3.48. The molecule has 1 saturated heterocycles. The molecule has 2 rings (SSSR count). The topological polar surface area (TPSA) is 70.8 Å². The van der Waals surface area contributed by atoms with Crippen LogP contribution in [0.15, 0.2) is 4.47 Å². The van der Waals surface area contributed by atoms with Gasteiger partial charge in [-0.05, 0) is 15.9 Å². The van der Waals surface area contributed by atoms with Crippen molar-refractivity contribution in [2.75, 3.05) is 32.9 Å². The van der Waals surface area contributed by atoms with E-state index in [9.17, 15) is 5.11 Å². The van der Waals surface area contributed by atoms with E-state index < -0.39 is 0 Å². The molecule has 0 atom stereocenters. The second-order valence-corrected chi connectivity index (χ2v) is 4.99. The van der Waals surface area contributed by atoms with Gasteiger partial charge < -0.3 is 14.9 Å². The summed E-state index contributed by atoms with van der Waals surface area (Å²) in [7, 11) is 0. The maximum Gasteiger partial charge on any atom is 0.102 e. The van der Waals surface area contributed by atoms with Crippen molar-refractivity contribution in [3.05, 3.63) is 15.9 Å². The summed E-state index contributed by atoms with van der Waals surface area (Å²) in [6.07, 6.45) is 0. The van der Waals surface area contributed by atoms with Gasteiger partial charge in [-0.3, -0.25) is 9.58 Å². The fraction of sp³-hybridized carbons (Fsp3) is 0.727. The van der Waals surface area contributed by atoms with E-state index in [0.717, 1.165) is 43.0 Å². The zero-order valence-electron chi connectivity index (χ0n) is 10.2. The van der Waals surface area contributed by atoms with Crippen molar-refractivity contribution in [2.24, 2.45) is 0 Å². The van der Waals surface area contributed by atoms with Crippen molar-refractivity contribution in [3.63, 3.8) is 0 Å². The lowest BCUT2D eigenvalue weighted by Crippen LogP contribution is -2.36. The van der Waals surface area contributed by atoms with Crippen molar-refractivity contribution in [3.8, 4) is 0 Å². The van der Waals surface area contributed by atoms with Gasteiger partial charge in [0.15, 0.2) is 0 Å². The summed E-state index contributed by atoms with van der Waals surface area (Å²) in [5.41, 5.74) is 1.61. The van der Waals surface area contributed by atoms with Crippen LogP contribution in [0.2, 0.25) is 0 Å². The van der Waals surface area contributed by atoms with Crippen molar-refractivity contribution >= 4 is 15.9 Å². The minimum Gasteiger partial charge on any atom is -0.394 e. The lowest BCUT2D eigenvalue weighted by atomic mass is 10.3. The molecule has 1 aromatic heterocycles. The van der Waals surface area contributed by atoms with E-state index in [1.165, 1.54) is 0 Å². The molecule has 2 heterocycles. The fourth-order valence-corrected chi connectivity index (χ4v) is 2.57. The van der Waals surface area contributed by atoms with Gasteiger partial charge in [-0.25, -0.2) is 0 Å². The van der Waals surface area contributed by atoms with E-state index in [2.05, 4.69) is 25.9 Å². The van der Waals surface area contributed by atoms with Crippen molar-refractivity contribution in [2.45, 2.75) is 19.7 Å². The highest BCUT2D eigenvalue weighted by atomic mass is 79.9. The van der Waals surface area contributed by atoms with Crippen LogP contribution in [0.3, 0.4) is 0 Å². The Hall–Kier alpha value is -0.470. The highest BCUT2D eigenvalue weighted by Crippen LogP contribution is 2.23. The summed E-state index contributed by atoms with van der Waals surface area (Å²) in [6.45, 7) is 4.41. The zero-order valence-corrected chi connectivity index (χ0v) is 11.8. The Morgan fingerprint density at radius 2 is 2.00 bits per heavy atom. The molecule has 102 valence electrons. The predicted octanol–water partition coefficient (Wildman–Crippen LogP) is -0.0376. The Labute approximate surface area is 114 Å². The Morgan fingerprint density at radius 3 is 2.61 bits per heavy atom. The molecule has 1 fully saturated rings. The van der Waals surface area contributed by atoms with Gasteiger partial charge in [-0.2, -0.15) is 5.10 Å². The Morgan fingerprint density at radius 1 is 1.28 bits per heavy atom. The second kappa shape index (κ2) is 6.63. The number of rotatable bonds is 5. The molecule has 1 aliphatic heterocycles. The summed E-state index contributed by atoms with van der Waals surface area (Å²) in [4.78, 5) is 2.28. The van der Waals surface area contributed by atoms with Crippen LogP contribution in [0.5, 0.6) is 0 Å². The molecule has 0 aliphatic carbocycles. The molecule has 0 bridgehead atoms. The summed E-state index contributed by atoms with van der Waals surface area (Å²) in [6, 6.07) is 0. The molecule has 0 amide bonds. The highest BCUT2D eigenvalue weighted by molar-refractivity contribution is 9.10. The third kappa shape index (κ3) is 3.10. The van der Waals surface area contributed by atoms with Crippen LogP contribution >= 0.6 is 15.9 Å². The molecule has 1 aliphatic rings. The van der Waals surface area contributed by atoms with Crippen LogP contribution in [0.1, 0.15) is 11.4 Å². The fourth-order valence-electron chi connectivity index (χ4n) is 2.03. The minimum absolute atomic E-state index is 0.0368. The van der Waals surface area contributed by atoms with Crippen molar-refractivity contribution < 1.29 is 14.9 Å². The molecule has 0 spiro atoms. The molecule has 6 nitrogen and oxygen atoms in total. The van der Waals surface area contributed by atoms with Gasteiger partial charge in [0.2, 0.25) is 0 Å². The normalized spacial score (nSPS) is 17.3. The third-order valence-electron chi connectivity index (χ3n) is 3.00. The van der Waals surface area contributed by atoms with Crippen LogP contribution in [0.25, 0.3) is 0 Å². The van der Waals surface area contributed by atoms with E-state index in [1.807, 2.05) is 0 Å². The molecule has 0 unspecified atom stereocenters. The molecule has 0 saturated carbocycles. The monoisotopic (exact) mass is 319 g/mol. The van der Waals surface area contributed by atoms with Gasteiger partial charge in [0.1, 0.15) is 5.69 Å². The average molecular weight is 320 g/mol. The van der Waals surface area contributed by atoms with E-state index in [-0.39, 0.29) is 13.2 Å². The number of hydrogen-bond donors (Lipinski definition) is 2. The standard InChI is InChI=1S/C11H18BrN3O3/c12-11-9(8-17)13-15(1-4-16)10(11)7-14-2-5-18-6-3-14/h16-17H,1-8H2. The van der Waals surface area contributed by atoms with Gasteiger partial charge in [0.05, 0.1) is 43.1 Å². The van der Waals surface area contributed by atoms with Gasteiger partial charge in [0.25, 0.3) is 0 Å². The third-order valence-corrected chi connectivity index (χ3v) is 3.91. The molecule has 0 aromatic carbocycles. The summed E-state index contributed by atoms with van der Waals surface area (Å²) in [5, 5.41) is 22.6. The Bertz CT molecular complexity index is 391. The average Bonchev–Trinajstić information content (AvgIpc) is 2.69. The number of ether oxygens (including phenoxy) is 1. The smallest absolute Gasteiger partial charge is 0.102 e. The lowest BCUT2D eigenvalue weighted by molar-refractivity contribution is 0.0328. The number of morpholine rings is 1. The van der Waals surface area contributed by atoms with Crippen molar-refractivity contribution in [1.82, 2.24) is 14.7 Å². The second-order valence-electron chi connectivity index (χ2n) is 4.20. The number of halogens is 1. The molecule has 2 N–H and O–H groups in total. The first kappa shape index (κ1) is 14.0. The van der Waals surface area contributed by atoms with Gasteiger partial charge in [-0.1, -0.05) is 0 Å². The lowest BCUT2D eigenvalue weighted by Gasteiger charge is -2.26. The molecular formula is C11H18BrN3O3. The van der Waals surface area contributed by atoms with E-state index in [4.69, 9.17) is 9.84 Å². The van der Waals surface area contributed by atoms with Crippen LogP contribution < -0.4 is 0 Å². The molecule has 1 aromatic rings. The zero-order chi connectivity index (χ0) is 13.0. The van der Waals surface area contributed by atoms with Crippen LogP contribution in [0, 0.1) is 0 Å². The van der Waals surface area contributed by atoms with Crippen LogP contribution in [-0.2, 0) is 24.4 Å². The number of aliphatic hydroxyl groups excluding tert-OH is 2. The number of nitrogens with zero attached hydrogens (tertiary/aromatic N) is 3. The first-order chi connectivity index (χ1) is 8.76. The maximum atomic E-state index is 9.23. The first-order valence-corrected chi connectivity index (χ1v) is 6.81. The molecule has 0 radical (unpaired) electrons. The Kier molecular flexibility index (Phi) is 5.13. The number of hydrogen-bond acceptors (Lipinski definition) is 5. The van der Waals surface area contributed by atoms with Crippen LogP contribution in [0.4, 0.5) is 0 Å². The van der Waals surface area contributed by atoms with Gasteiger partial charge >= 0.3 is 0 Å². The first-order valence-electron chi connectivity index (χ1n) is 6.02. The maximum absolute atomic E-state index is 9.23. The van der Waals surface area contributed by atoms with E-state index >= 15 is 0 Å². The Balaban J connectivity index is 2.15. The minimum atomic E-state index is -0.102. The number of aromatic nitrogens is 2. The van der Waals surface area contributed by atoms with Crippen LogP contribution in [-0.4, -0.2) is 57.8 Å². The predicted molar refractivity (Wildman–Crippen MR) is 69.0 cm³/mol. The largest absolute Gasteiger partial charge is 0.394 e. The SMILES string of the molecule is OCCn1nc(CO)c(Br)c1CN1CCOCC1. The number of aliphatic hydroxyl groups is 2.